The van der Waals surface area contributed by atoms with Gasteiger partial charge in [0, 0.05) is 11.6 Å². The first-order valence-electron chi connectivity index (χ1n) is 5.47. The summed E-state index contributed by atoms with van der Waals surface area (Å²) in [5.74, 6) is 6.02. The molecule has 0 aliphatic heterocycles. The van der Waals surface area contributed by atoms with Crippen LogP contribution in [-0.2, 0) is 0 Å². The first-order chi connectivity index (χ1) is 9.11. The van der Waals surface area contributed by atoms with Crippen LogP contribution in [0.4, 0.5) is 11.5 Å². The number of anilines is 1. The summed E-state index contributed by atoms with van der Waals surface area (Å²) in [4.78, 5) is 14.6. The molecule has 2 aromatic rings. The van der Waals surface area contributed by atoms with Gasteiger partial charge < -0.3 is 10.2 Å². The number of hydrogen-bond acceptors (Lipinski definition) is 6. The van der Waals surface area contributed by atoms with Crippen LogP contribution in [0.15, 0.2) is 36.4 Å². The molecule has 7 nitrogen and oxygen atoms in total. The number of nitrogens with zero attached hydrogens (tertiary/aromatic N) is 2. The predicted molar refractivity (Wildman–Crippen MR) is 70.0 cm³/mol. The summed E-state index contributed by atoms with van der Waals surface area (Å²) < 4.78 is 5.45. The number of nitrogens with one attached hydrogen (secondary N) is 1. The highest BCUT2D eigenvalue weighted by Crippen LogP contribution is 2.33. The molecule has 0 aliphatic rings. The van der Waals surface area contributed by atoms with E-state index >= 15 is 0 Å². The summed E-state index contributed by atoms with van der Waals surface area (Å²) in [5.41, 5.74) is 2.83. The van der Waals surface area contributed by atoms with E-state index in [2.05, 4.69) is 10.4 Å². The number of nitro benzene ring substituents is 1. The molecule has 0 saturated carbocycles. The van der Waals surface area contributed by atoms with Crippen LogP contribution in [0.2, 0.25) is 0 Å². The molecule has 3 N–H and O–H groups in total. The van der Waals surface area contributed by atoms with Gasteiger partial charge in [-0.05, 0) is 19.1 Å². The van der Waals surface area contributed by atoms with Crippen molar-refractivity contribution in [3.8, 4) is 11.6 Å². The second-order valence-corrected chi connectivity index (χ2v) is 3.79. The van der Waals surface area contributed by atoms with Gasteiger partial charge in [0.15, 0.2) is 0 Å². The fourth-order valence-electron chi connectivity index (χ4n) is 1.61. The number of nitrogen functional groups attached to an aromatic ring is 1. The minimum Gasteiger partial charge on any atom is -0.432 e. The Labute approximate surface area is 109 Å². The lowest BCUT2D eigenvalue weighted by Crippen LogP contribution is -2.08. The Kier molecular flexibility index (Phi) is 3.58. The number of benzene rings is 1. The highest BCUT2D eigenvalue weighted by atomic mass is 16.6. The van der Waals surface area contributed by atoms with Crippen molar-refractivity contribution in [2.45, 2.75) is 6.92 Å². The second-order valence-electron chi connectivity index (χ2n) is 3.79. The topological polar surface area (TPSA) is 103 Å². The first-order valence-corrected chi connectivity index (χ1v) is 5.47. The Balaban J connectivity index is 2.38. The molecular weight excluding hydrogens is 248 g/mol. The zero-order chi connectivity index (χ0) is 13.8. The summed E-state index contributed by atoms with van der Waals surface area (Å²) in [6, 6.07) is 9.78. The van der Waals surface area contributed by atoms with E-state index in [0.29, 0.717) is 11.4 Å². The Morgan fingerprint density at radius 1 is 1.32 bits per heavy atom. The van der Waals surface area contributed by atoms with Gasteiger partial charge in [-0.2, -0.15) is 4.98 Å². The van der Waals surface area contributed by atoms with E-state index in [9.17, 15) is 10.1 Å². The maximum absolute atomic E-state index is 11.0. The molecule has 7 heteroatoms. The molecule has 0 saturated heterocycles. The number of pyridine rings is 1. The SMILES string of the molecule is Cc1cccc(Oc2cccc(NN)n2)c1[N+](=O)[O-]. The third-order valence-corrected chi connectivity index (χ3v) is 2.47. The molecule has 98 valence electrons. The Morgan fingerprint density at radius 3 is 2.74 bits per heavy atom. The molecule has 0 spiro atoms. The molecule has 1 aromatic heterocycles. The molecule has 0 radical (unpaired) electrons. The number of hydrogen-bond donors (Lipinski definition) is 2. The van der Waals surface area contributed by atoms with E-state index in [-0.39, 0.29) is 17.3 Å². The van der Waals surface area contributed by atoms with Gasteiger partial charge in [0.1, 0.15) is 5.82 Å². The smallest absolute Gasteiger partial charge is 0.314 e. The fraction of sp³-hybridized carbons (Fsp3) is 0.0833. The summed E-state index contributed by atoms with van der Waals surface area (Å²) in [5, 5.41) is 11.0. The molecule has 0 unspecified atom stereocenters. The van der Waals surface area contributed by atoms with Gasteiger partial charge in [-0.3, -0.25) is 10.1 Å². The first kappa shape index (κ1) is 12.8. The van der Waals surface area contributed by atoms with E-state index in [4.69, 9.17) is 10.6 Å². The highest BCUT2D eigenvalue weighted by Gasteiger charge is 2.19. The molecule has 0 bridgehead atoms. The van der Waals surface area contributed by atoms with Crippen LogP contribution in [0.3, 0.4) is 0 Å². The number of aromatic nitrogens is 1. The van der Waals surface area contributed by atoms with Crippen molar-refractivity contribution in [3.63, 3.8) is 0 Å². The van der Waals surface area contributed by atoms with Gasteiger partial charge in [-0.1, -0.05) is 18.2 Å². The van der Waals surface area contributed by atoms with E-state index < -0.39 is 4.92 Å². The Bertz CT molecular complexity index is 616. The summed E-state index contributed by atoms with van der Waals surface area (Å²) in [7, 11) is 0. The lowest BCUT2D eigenvalue weighted by atomic mass is 10.2. The van der Waals surface area contributed by atoms with Crippen LogP contribution < -0.4 is 16.0 Å². The van der Waals surface area contributed by atoms with Crippen molar-refractivity contribution in [2.75, 3.05) is 5.43 Å². The van der Waals surface area contributed by atoms with Crippen LogP contribution in [0.25, 0.3) is 0 Å². The molecule has 19 heavy (non-hydrogen) atoms. The van der Waals surface area contributed by atoms with Crippen LogP contribution >= 0.6 is 0 Å². The zero-order valence-corrected chi connectivity index (χ0v) is 10.2. The molecule has 1 heterocycles. The number of hydrazine groups is 1. The standard InChI is InChI=1S/C12H12N4O3/c1-8-4-2-5-9(12(8)16(17)18)19-11-7-3-6-10(14-11)15-13/h2-7H,13H2,1H3,(H,14,15). The minimum absolute atomic E-state index is 0.0737. The average molecular weight is 260 g/mol. The molecule has 0 amide bonds. The van der Waals surface area contributed by atoms with E-state index in [1.165, 1.54) is 6.07 Å². The summed E-state index contributed by atoms with van der Waals surface area (Å²) >= 11 is 0. The van der Waals surface area contributed by atoms with Gasteiger partial charge in [0.25, 0.3) is 0 Å². The largest absolute Gasteiger partial charge is 0.432 e. The van der Waals surface area contributed by atoms with Crippen LogP contribution in [0.1, 0.15) is 5.56 Å². The van der Waals surface area contributed by atoms with E-state index in [1.807, 2.05) is 0 Å². The highest BCUT2D eigenvalue weighted by molar-refractivity contribution is 5.53. The molecule has 0 fully saturated rings. The quantitative estimate of drug-likeness (QED) is 0.497. The van der Waals surface area contributed by atoms with Crippen molar-refractivity contribution in [3.05, 3.63) is 52.1 Å². The summed E-state index contributed by atoms with van der Waals surface area (Å²) in [6.07, 6.45) is 0. The number of nitro groups is 1. The number of nitrogens with two attached hydrogens (primary N) is 1. The zero-order valence-electron chi connectivity index (χ0n) is 10.2. The minimum atomic E-state index is -0.476. The number of rotatable bonds is 4. The molecule has 0 atom stereocenters. The number of para-hydroxylation sites is 1. The summed E-state index contributed by atoms with van der Waals surface area (Å²) in [6.45, 7) is 1.65. The fourth-order valence-corrected chi connectivity index (χ4v) is 1.61. The molecule has 1 aromatic carbocycles. The van der Waals surface area contributed by atoms with Gasteiger partial charge >= 0.3 is 5.69 Å². The molecule has 0 aliphatic carbocycles. The normalized spacial score (nSPS) is 10.0. The predicted octanol–water partition coefficient (Wildman–Crippen LogP) is 2.38. The maximum atomic E-state index is 11.0. The number of ether oxygens (including phenoxy) is 1. The van der Waals surface area contributed by atoms with Crippen molar-refractivity contribution in [1.82, 2.24) is 4.98 Å². The van der Waals surface area contributed by atoms with Gasteiger partial charge in [-0.15, -0.1) is 0 Å². The monoisotopic (exact) mass is 260 g/mol. The van der Waals surface area contributed by atoms with Gasteiger partial charge in [0.2, 0.25) is 11.6 Å². The second kappa shape index (κ2) is 5.32. The van der Waals surface area contributed by atoms with Crippen LogP contribution in [0.5, 0.6) is 11.6 Å². The molecular formula is C12H12N4O3. The van der Waals surface area contributed by atoms with Gasteiger partial charge in [0.05, 0.1) is 4.92 Å². The maximum Gasteiger partial charge on any atom is 0.314 e. The number of aryl methyl sites for hydroxylation is 1. The lowest BCUT2D eigenvalue weighted by molar-refractivity contribution is -0.386. The van der Waals surface area contributed by atoms with E-state index in [0.717, 1.165) is 0 Å². The van der Waals surface area contributed by atoms with Crippen molar-refractivity contribution < 1.29 is 9.66 Å². The average Bonchev–Trinajstić information content (AvgIpc) is 2.38. The Morgan fingerprint density at radius 2 is 2.05 bits per heavy atom. The lowest BCUT2D eigenvalue weighted by Gasteiger charge is -2.07. The van der Waals surface area contributed by atoms with Crippen molar-refractivity contribution in [2.24, 2.45) is 5.84 Å². The van der Waals surface area contributed by atoms with Crippen molar-refractivity contribution >= 4 is 11.5 Å². The van der Waals surface area contributed by atoms with Crippen LogP contribution in [-0.4, -0.2) is 9.91 Å². The third-order valence-electron chi connectivity index (χ3n) is 2.47. The van der Waals surface area contributed by atoms with E-state index in [1.54, 1.807) is 37.3 Å². The van der Waals surface area contributed by atoms with Gasteiger partial charge in [-0.25, -0.2) is 5.84 Å². The Hall–Kier alpha value is -2.67. The van der Waals surface area contributed by atoms with Crippen LogP contribution in [0, 0.1) is 17.0 Å². The third kappa shape index (κ3) is 2.78. The van der Waals surface area contributed by atoms with Crippen molar-refractivity contribution in [1.29, 1.82) is 0 Å². The molecule has 2 rings (SSSR count).